The largest absolute Gasteiger partial charge is 0.481 e. The van der Waals surface area contributed by atoms with Gasteiger partial charge in [0.15, 0.2) is 0 Å². The van der Waals surface area contributed by atoms with Crippen molar-refractivity contribution in [3.8, 4) is 0 Å². The molecular formula is C24H28N4O4. The van der Waals surface area contributed by atoms with Crippen LogP contribution in [0.5, 0.6) is 0 Å². The molecule has 2 heterocycles. The molecule has 0 radical (unpaired) electrons. The van der Waals surface area contributed by atoms with Crippen LogP contribution >= 0.6 is 0 Å². The zero-order valence-electron chi connectivity index (χ0n) is 18.2. The Morgan fingerprint density at radius 2 is 1.88 bits per heavy atom. The number of hydrogen-bond donors (Lipinski definition) is 3. The number of H-pyrrole nitrogens is 1. The number of aromatic nitrogens is 2. The summed E-state index contributed by atoms with van der Waals surface area (Å²) in [7, 11) is 3.82. The van der Waals surface area contributed by atoms with Crippen molar-refractivity contribution in [2.75, 3.05) is 32.1 Å². The van der Waals surface area contributed by atoms with Gasteiger partial charge < -0.3 is 20.3 Å². The molecule has 3 aromatic rings. The van der Waals surface area contributed by atoms with E-state index >= 15 is 0 Å². The molecule has 4 rings (SSSR count). The number of carboxylic acids is 1. The van der Waals surface area contributed by atoms with Crippen molar-refractivity contribution in [2.24, 2.45) is 11.8 Å². The zero-order chi connectivity index (χ0) is 22.8. The fourth-order valence-corrected chi connectivity index (χ4v) is 4.78. The average Bonchev–Trinajstić information content (AvgIpc) is 2.78. The Kier molecular flexibility index (Phi) is 6.14. The Balaban J connectivity index is 1.92. The molecule has 2 aromatic carbocycles. The van der Waals surface area contributed by atoms with E-state index in [0.717, 1.165) is 11.3 Å². The SMILES string of the molecule is CN(C)c1ccccc1C(CC1CCNCC1C(=O)O)n1c(=O)[nH]c2ccccc2c1=O. The summed E-state index contributed by atoms with van der Waals surface area (Å²) in [4.78, 5) is 43.4. The van der Waals surface area contributed by atoms with Crippen molar-refractivity contribution in [1.29, 1.82) is 0 Å². The molecule has 0 aliphatic carbocycles. The Morgan fingerprint density at radius 3 is 2.62 bits per heavy atom. The van der Waals surface area contributed by atoms with Crippen LogP contribution in [0.15, 0.2) is 58.1 Å². The number of anilines is 1. The first kappa shape index (κ1) is 21.8. The summed E-state index contributed by atoms with van der Waals surface area (Å²) in [5.41, 5.74) is 1.33. The number of rotatable bonds is 6. The highest BCUT2D eigenvalue weighted by Crippen LogP contribution is 2.35. The van der Waals surface area contributed by atoms with Crippen molar-refractivity contribution < 1.29 is 9.90 Å². The van der Waals surface area contributed by atoms with Gasteiger partial charge in [-0.3, -0.25) is 14.2 Å². The van der Waals surface area contributed by atoms with E-state index < -0.39 is 23.6 Å². The molecular weight excluding hydrogens is 408 g/mol. The number of hydrogen-bond acceptors (Lipinski definition) is 5. The van der Waals surface area contributed by atoms with Crippen LogP contribution < -0.4 is 21.5 Å². The number of benzene rings is 2. The van der Waals surface area contributed by atoms with E-state index in [2.05, 4.69) is 10.3 Å². The molecule has 3 N–H and O–H groups in total. The minimum atomic E-state index is -0.860. The van der Waals surface area contributed by atoms with Crippen molar-refractivity contribution in [3.63, 3.8) is 0 Å². The van der Waals surface area contributed by atoms with Gasteiger partial charge in [0.1, 0.15) is 0 Å². The molecule has 1 aliphatic heterocycles. The Morgan fingerprint density at radius 1 is 1.16 bits per heavy atom. The summed E-state index contributed by atoms with van der Waals surface area (Å²) in [5, 5.41) is 13.4. The van der Waals surface area contributed by atoms with E-state index in [4.69, 9.17) is 0 Å². The smallest absolute Gasteiger partial charge is 0.329 e. The summed E-state index contributed by atoms with van der Waals surface area (Å²) >= 11 is 0. The van der Waals surface area contributed by atoms with Crippen molar-refractivity contribution in [3.05, 3.63) is 74.9 Å². The third-order valence-electron chi connectivity index (χ3n) is 6.39. The van der Waals surface area contributed by atoms with Gasteiger partial charge >= 0.3 is 11.7 Å². The second-order valence-electron chi connectivity index (χ2n) is 8.55. The van der Waals surface area contributed by atoms with Gasteiger partial charge in [-0.2, -0.15) is 0 Å². The Bertz CT molecular complexity index is 1250. The van der Waals surface area contributed by atoms with Gasteiger partial charge in [-0.15, -0.1) is 0 Å². The third kappa shape index (κ3) is 4.05. The molecule has 1 aromatic heterocycles. The van der Waals surface area contributed by atoms with Gasteiger partial charge in [0, 0.05) is 26.3 Å². The van der Waals surface area contributed by atoms with Crippen LogP contribution in [0.1, 0.15) is 24.4 Å². The monoisotopic (exact) mass is 436 g/mol. The molecule has 0 spiro atoms. The summed E-state index contributed by atoms with van der Waals surface area (Å²) in [5.74, 6) is -1.61. The fraction of sp³-hybridized carbons (Fsp3) is 0.375. The molecule has 1 saturated heterocycles. The van der Waals surface area contributed by atoms with Crippen LogP contribution in [-0.4, -0.2) is 47.8 Å². The van der Waals surface area contributed by atoms with Crippen LogP contribution in [0.2, 0.25) is 0 Å². The lowest BCUT2D eigenvalue weighted by Crippen LogP contribution is -2.44. The lowest BCUT2D eigenvalue weighted by molar-refractivity contribution is -0.144. The predicted octanol–water partition coefficient (Wildman–Crippen LogP) is 2.05. The van der Waals surface area contributed by atoms with Gasteiger partial charge in [-0.1, -0.05) is 30.3 Å². The number of aliphatic carboxylic acids is 1. The van der Waals surface area contributed by atoms with E-state index in [1.807, 2.05) is 43.3 Å². The maximum Gasteiger partial charge on any atom is 0.329 e. The number of piperidine rings is 1. The second-order valence-corrected chi connectivity index (χ2v) is 8.55. The molecule has 1 aliphatic rings. The lowest BCUT2D eigenvalue weighted by Gasteiger charge is -2.33. The van der Waals surface area contributed by atoms with Crippen LogP contribution in [0.4, 0.5) is 5.69 Å². The van der Waals surface area contributed by atoms with Crippen molar-refractivity contribution in [1.82, 2.24) is 14.9 Å². The van der Waals surface area contributed by atoms with Crippen LogP contribution in [0, 0.1) is 11.8 Å². The number of aromatic amines is 1. The van der Waals surface area contributed by atoms with Gasteiger partial charge in [-0.05, 0) is 49.1 Å². The van der Waals surface area contributed by atoms with Crippen molar-refractivity contribution in [2.45, 2.75) is 18.9 Å². The second kappa shape index (κ2) is 9.00. The van der Waals surface area contributed by atoms with E-state index in [9.17, 15) is 19.5 Å². The fourth-order valence-electron chi connectivity index (χ4n) is 4.78. The Labute approximate surface area is 185 Å². The Hall–Kier alpha value is -3.39. The molecule has 8 heteroatoms. The molecule has 0 saturated carbocycles. The molecule has 1 fully saturated rings. The average molecular weight is 437 g/mol. The standard InChI is InChI=1S/C24H28N4O4/c1-27(2)20-10-6-4-8-17(20)21(13-15-11-12-25-14-18(15)23(30)31)28-22(29)16-7-3-5-9-19(16)26-24(28)32/h3-10,15,18,21,25H,11-14H2,1-2H3,(H,26,32)(H,30,31). The minimum absolute atomic E-state index is 0.174. The van der Waals surface area contributed by atoms with Gasteiger partial charge in [0.05, 0.1) is 22.9 Å². The zero-order valence-corrected chi connectivity index (χ0v) is 18.2. The highest BCUT2D eigenvalue weighted by molar-refractivity contribution is 5.77. The van der Waals surface area contributed by atoms with Gasteiger partial charge in [-0.25, -0.2) is 4.79 Å². The number of nitrogens with zero attached hydrogens (tertiary/aromatic N) is 2. The first-order chi connectivity index (χ1) is 15.4. The van der Waals surface area contributed by atoms with E-state index in [-0.39, 0.29) is 11.5 Å². The number of para-hydroxylation sites is 2. The number of fused-ring (bicyclic) bond motifs is 1. The highest BCUT2D eigenvalue weighted by atomic mass is 16.4. The lowest BCUT2D eigenvalue weighted by atomic mass is 9.80. The molecule has 32 heavy (non-hydrogen) atoms. The summed E-state index contributed by atoms with van der Waals surface area (Å²) in [6.45, 7) is 1.09. The number of carbonyl (C=O) groups is 1. The van der Waals surface area contributed by atoms with Gasteiger partial charge in [0.25, 0.3) is 5.56 Å². The molecule has 0 amide bonds. The normalized spacial score (nSPS) is 19.6. The minimum Gasteiger partial charge on any atom is -0.481 e. The highest BCUT2D eigenvalue weighted by Gasteiger charge is 2.35. The molecule has 0 bridgehead atoms. The number of nitrogens with one attached hydrogen (secondary N) is 2. The van der Waals surface area contributed by atoms with E-state index in [1.165, 1.54) is 4.57 Å². The number of carboxylic acid groups (broad SMARTS) is 1. The molecule has 3 unspecified atom stereocenters. The van der Waals surface area contributed by atoms with Gasteiger partial charge in [0.2, 0.25) is 0 Å². The quantitative estimate of drug-likeness (QED) is 0.546. The predicted molar refractivity (Wildman–Crippen MR) is 124 cm³/mol. The van der Waals surface area contributed by atoms with Crippen LogP contribution in [-0.2, 0) is 4.79 Å². The molecule has 168 valence electrons. The van der Waals surface area contributed by atoms with Crippen LogP contribution in [0.25, 0.3) is 10.9 Å². The first-order valence-electron chi connectivity index (χ1n) is 10.8. The molecule has 3 atom stereocenters. The maximum atomic E-state index is 13.5. The first-order valence-corrected chi connectivity index (χ1v) is 10.8. The van der Waals surface area contributed by atoms with E-state index in [0.29, 0.717) is 36.8 Å². The topological polar surface area (TPSA) is 107 Å². The molecule has 8 nitrogen and oxygen atoms in total. The van der Waals surface area contributed by atoms with E-state index in [1.54, 1.807) is 24.3 Å². The third-order valence-corrected chi connectivity index (χ3v) is 6.39. The summed E-state index contributed by atoms with van der Waals surface area (Å²) in [6, 6.07) is 14.0. The maximum absolute atomic E-state index is 13.5. The van der Waals surface area contributed by atoms with Crippen LogP contribution in [0.3, 0.4) is 0 Å². The summed E-state index contributed by atoms with van der Waals surface area (Å²) in [6.07, 6.45) is 1.04. The summed E-state index contributed by atoms with van der Waals surface area (Å²) < 4.78 is 1.27. The van der Waals surface area contributed by atoms with Crippen molar-refractivity contribution >= 4 is 22.6 Å².